The number of halogens is 1. The molecular formula is C17H18BrN5O2. The smallest absolute Gasteiger partial charge is 0.279 e. The molecule has 0 saturated heterocycles. The summed E-state index contributed by atoms with van der Waals surface area (Å²) in [7, 11) is 0. The second-order valence-electron chi connectivity index (χ2n) is 6.70. The van der Waals surface area contributed by atoms with E-state index in [0.29, 0.717) is 17.3 Å². The van der Waals surface area contributed by atoms with E-state index in [9.17, 15) is 4.79 Å². The fourth-order valence-electron chi connectivity index (χ4n) is 2.26. The van der Waals surface area contributed by atoms with Crippen molar-refractivity contribution in [2.45, 2.75) is 33.1 Å². The Hall–Kier alpha value is -2.48. The van der Waals surface area contributed by atoms with Crippen molar-refractivity contribution >= 4 is 27.7 Å². The summed E-state index contributed by atoms with van der Waals surface area (Å²) in [6.45, 7) is 7.81. The Balaban J connectivity index is 1.83. The number of amides is 1. The van der Waals surface area contributed by atoms with Crippen LogP contribution in [0, 0.1) is 6.92 Å². The number of carbonyl (C=O) groups excluding carboxylic acids is 1. The number of nitrogens with one attached hydrogen (secondary N) is 1. The van der Waals surface area contributed by atoms with Gasteiger partial charge in [0.05, 0.1) is 11.4 Å². The fraction of sp³-hybridized carbons (Fsp3) is 0.294. The van der Waals surface area contributed by atoms with Crippen molar-refractivity contribution in [1.82, 2.24) is 20.2 Å². The number of benzene rings is 1. The van der Waals surface area contributed by atoms with Crippen LogP contribution >= 0.6 is 15.9 Å². The highest BCUT2D eigenvalue weighted by molar-refractivity contribution is 9.10. The van der Waals surface area contributed by atoms with Crippen LogP contribution in [0.5, 0.6) is 0 Å². The maximum Gasteiger partial charge on any atom is 0.279 e. The van der Waals surface area contributed by atoms with E-state index in [2.05, 4.69) is 36.7 Å². The molecule has 0 aliphatic rings. The number of aromatic nitrogens is 4. The van der Waals surface area contributed by atoms with Crippen LogP contribution in [0.3, 0.4) is 0 Å². The average molecular weight is 404 g/mol. The summed E-state index contributed by atoms with van der Waals surface area (Å²) in [6, 6.07) is 9.31. The van der Waals surface area contributed by atoms with Crippen molar-refractivity contribution in [3.05, 3.63) is 52.0 Å². The molecular weight excluding hydrogens is 386 g/mol. The van der Waals surface area contributed by atoms with Crippen LogP contribution in [0.1, 0.15) is 42.7 Å². The molecule has 1 amide bonds. The van der Waals surface area contributed by atoms with Crippen molar-refractivity contribution in [3.8, 4) is 5.69 Å². The summed E-state index contributed by atoms with van der Waals surface area (Å²) >= 11 is 3.42. The van der Waals surface area contributed by atoms with Gasteiger partial charge < -0.3 is 9.84 Å². The van der Waals surface area contributed by atoms with Crippen molar-refractivity contribution < 1.29 is 9.32 Å². The molecule has 130 valence electrons. The summed E-state index contributed by atoms with van der Waals surface area (Å²) in [5, 5.41) is 14.7. The molecule has 0 aliphatic heterocycles. The van der Waals surface area contributed by atoms with Crippen molar-refractivity contribution in [2.24, 2.45) is 0 Å². The molecule has 0 atom stereocenters. The summed E-state index contributed by atoms with van der Waals surface area (Å²) in [6.07, 6.45) is 0. The van der Waals surface area contributed by atoms with E-state index in [1.165, 1.54) is 0 Å². The lowest BCUT2D eigenvalue weighted by atomic mass is 9.93. The van der Waals surface area contributed by atoms with Gasteiger partial charge in [-0.2, -0.15) is 0 Å². The summed E-state index contributed by atoms with van der Waals surface area (Å²) in [4.78, 5) is 12.5. The number of hydrogen-bond donors (Lipinski definition) is 1. The van der Waals surface area contributed by atoms with E-state index in [0.717, 1.165) is 10.2 Å². The average Bonchev–Trinajstić information content (AvgIpc) is 3.13. The number of hydrogen-bond acceptors (Lipinski definition) is 5. The minimum absolute atomic E-state index is 0.185. The molecule has 1 N–H and O–H groups in total. The Morgan fingerprint density at radius 2 is 2.04 bits per heavy atom. The van der Waals surface area contributed by atoms with Crippen LogP contribution in [-0.2, 0) is 5.41 Å². The van der Waals surface area contributed by atoms with Gasteiger partial charge in [0.25, 0.3) is 5.91 Å². The largest absolute Gasteiger partial charge is 0.359 e. The van der Waals surface area contributed by atoms with E-state index in [1.54, 1.807) is 17.7 Å². The number of nitrogens with zero attached hydrogens (tertiary/aromatic N) is 4. The van der Waals surface area contributed by atoms with Crippen LogP contribution in [0.4, 0.5) is 5.82 Å². The summed E-state index contributed by atoms with van der Waals surface area (Å²) in [5.74, 6) is 0.663. The summed E-state index contributed by atoms with van der Waals surface area (Å²) < 4.78 is 7.81. The lowest BCUT2D eigenvalue weighted by Crippen LogP contribution is -2.14. The van der Waals surface area contributed by atoms with E-state index in [-0.39, 0.29) is 17.0 Å². The van der Waals surface area contributed by atoms with Crippen LogP contribution < -0.4 is 5.32 Å². The van der Waals surface area contributed by atoms with E-state index in [4.69, 9.17) is 4.52 Å². The first-order chi connectivity index (χ1) is 11.8. The van der Waals surface area contributed by atoms with Gasteiger partial charge in [-0.05, 0) is 25.1 Å². The van der Waals surface area contributed by atoms with Gasteiger partial charge >= 0.3 is 0 Å². The molecule has 0 unspecified atom stereocenters. The van der Waals surface area contributed by atoms with Gasteiger partial charge in [-0.1, -0.05) is 53.1 Å². The topological polar surface area (TPSA) is 85.8 Å². The van der Waals surface area contributed by atoms with Gasteiger partial charge in [0.1, 0.15) is 5.76 Å². The van der Waals surface area contributed by atoms with E-state index < -0.39 is 0 Å². The van der Waals surface area contributed by atoms with Crippen molar-refractivity contribution in [1.29, 1.82) is 0 Å². The lowest BCUT2D eigenvalue weighted by Gasteiger charge is -2.11. The van der Waals surface area contributed by atoms with Gasteiger partial charge in [0.2, 0.25) is 0 Å². The predicted molar refractivity (Wildman–Crippen MR) is 97.0 cm³/mol. The van der Waals surface area contributed by atoms with Gasteiger partial charge in [-0.15, -0.1) is 5.10 Å². The highest BCUT2D eigenvalue weighted by Gasteiger charge is 2.22. The van der Waals surface area contributed by atoms with Gasteiger partial charge in [0.15, 0.2) is 11.5 Å². The van der Waals surface area contributed by atoms with Gasteiger partial charge in [-0.25, -0.2) is 4.68 Å². The molecule has 3 rings (SSSR count). The van der Waals surface area contributed by atoms with E-state index >= 15 is 0 Å². The van der Waals surface area contributed by atoms with Crippen LogP contribution in [0.15, 0.2) is 39.3 Å². The second kappa shape index (κ2) is 6.44. The maximum absolute atomic E-state index is 12.5. The third-order valence-electron chi connectivity index (χ3n) is 3.65. The van der Waals surface area contributed by atoms with Crippen molar-refractivity contribution in [3.63, 3.8) is 0 Å². The fourth-order valence-corrected chi connectivity index (χ4v) is 2.64. The molecule has 1 aromatic carbocycles. The Labute approximate surface area is 153 Å². The normalized spacial score (nSPS) is 11.6. The van der Waals surface area contributed by atoms with Crippen molar-refractivity contribution in [2.75, 3.05) is 5.32 Å². The monoisotopic (exact) mass is 403 g/mol. The quantitative estimate of drug-likeness (QED) is 0.716. The van der Waals surface area contributed by atoms with Crippen LogP contribution in [0.25, 0.3) is 5.69 Å². The highest BCUT2D eigenvalue weighted by Crippen LogP contribution is 2.24. The van der Waals surface area contributed by atoms with Crippen LogP contribution in [-0.4, -0.2) is 26.1 Å². The predicted octanol–water partition coefficient (Wildman–Crippen LogP) is 3.88. The first-order valence-corrected chi connectivity index (χ1v) is 8.52. The molecule has 3 aromatic rings. The zero-order chi connectivity index (χ0) is 18.2. The third kappa shape index (κ3) is 3.63. The highest BCUT2D eigenvalue weighted by atomic mass is 79.9. The Morgan fingerprint density at radius 1 is 1.28 bits per heavy atom. The molecule has 25 heavy (non-hydrogen) atoms. The zero-order valence-corrected chi connectivity index (χ0v) is 16.0. The molecule has 0 radical (unpaired) electrons. The van der Waals surface area contributed by atoms with Gasteiger partial charge in [-0.3, -0.25) is 4.79 Å². The molecule has 0 spiro atoms. The number of rotatable bonds is 3. The lowest BCUT2D eigenvalue weighted by molar-refractivity contribution is 0.102. The second-order valence-corrected chi connectivity index (χ2v) is 7.61. The molecule has 7 nitrogen and oxygen atoms in total. The van der Waals surface area contributed by atoms with Crippen LogP contribution in [0.2, 0.25) is 0 Å². The minimum atomic E-state index is -0.382. The molecule has 0 saturated carbocycles. The number of carbonyl (C=O) groups is 1. The SMILES string of the molecule is Cc1c(C(=O)Nc2cc(C(C)(C)C)on2)nnn1-c1cccc(Br)c1. The Morgan fingerprint density at radius 3 is 2.68 bits per heavy atom. The Kier molecular flexibility index (Phi) is 4.47. The summed E-state index contributed by atoms with van der Waals surface area (Å²) in [5.41, 5.74) is 1.50. The minimum Gasteiger partial charge on any atom is -0.359 e. The molecule has 2 aromatic heterocycles. The molecule has 0 bridgehead atoms. The molecule has 0 fully saturated rings. The first-order valence-electron chi connectivity index (χ1n) is 7.72. The Bertz CT molecular complexity index is 923. The van der Waals surface area contributed by atoms with Gasteiger partial charge in [0, 0.05) is 16.0 Å². The maximum atomic E-state index is 12.5. The molecule has 0 aliphatic carbocycles. The standard InChI is InChI=1S/C17H18BrN5O2/c1-10-15(20-22-23(10)12-7-5-6-11(18)8-12)16(24)19-14-9-13(25-21-14)17(2,3)4/h5-9H,1-4H3,(H,19,21,24). The van der Waals surface area contributed by atoms with E-state index in [1.807, 2.05) is 45.0 Å². The number of anilines is 1. The third-order valence-corrected chi connectivity index (χ3v) is 4.15. The zero-order valence-electron chi connectivity index (χ0n) is 14.4. The molecule has 2 heterocycles. The first kappa shape index (κ1) is 17.3. The molecule has 8 heteroatoms.